The maximum atomic E-state index is 13.3. The molecule has 2 aromatic heterocycles. The van der Waals surface area contributed by atoms with Crippen molar-refractivity contribution >= 4 is 11.5 Å². The number of hydrogen-bond acceptors (Lipinski definition) is 3. The van der Waals surface area contributed by atoms with Crippen molar-refractivity contribution in [3.8, 4) is 16.9 Å². The summed E-state index contributed by atoms with van der Waals surface area (Å²) in [5, 5.41) is 3.26. The van der Waals surface area contributed by atoms with Crippen molar-refractivity contribution in [3.63, 3.8) is 0 Å². The molecule has 5 heteroatoms. The first-order chi connectivity index (χ1) is 13.6. The fourth-order valence-corrected chi connectivity index (χ4v) is 3.16. The molecule has 1 N–H and O–H groups in total. The number of H-pyrrole nitrogens is 1. The first-order valence-corrected chi connectivity index (χ1v) is 9.08. The number of hydrogen-bond donors (Lipinski definition) is 1. The van der Waals surface area contributed by atoms with Gasteiger partial charge in [0.2, 0.25) is 0 Å². The molecule has 0 unspecified atom stereocenters. The molecule has 0 saturated heterocycles. The highest BCUT2D eigenvalue weighted by Gasteiger charge is 2.19. The number of aromatic nitrogens is 3. The van der Waals surface area contributed by atoms with Gasteiger partial charge in [-0.25, -0.2) is 14.7 Å². The fraction of sp³-hybridized carbons (Fsp3) is 0.0870. The highest BCUT2D eigenvalue weighted by atomic mass is 16.1. The molecule has 0 amide bonds. The number of aromatic amines is 1. The maximum absolute atomic E-state index is 13.3. The molecule has 4 aromatic rings. The summed E-state index contributed by atoms with van der Waals surface area (Å²) < 4.78 is 1.56. The lowest BCUT2D eigenvalue weighted by atomic mass is 10.1. The van der Waals surface area contributed by atoms with Gasteiger partial charge in [-0.1, -0.05) is 54.6 Å². The van der Waals surface area contributed by atoms with Crippen LogP contribution in [-0.4, -0.2) is 20.5 Å². The Bertz CT molecular complexity index is 1190. The summed E-state index contributed by atoms with van der Waals surface area (Å²) in [5.74, 6) is 0.586. The van der Waals surface area contributed by atoms with E-state index in [1.807, 2.05) is 92.7 Å². The molecule has 0 aliphatic heterocycles. The SMILES string of the molecule is C/C(=N/c1cccc(C)n1)c1c(-c2ccccc2)[nH]n(-c2ccccc2)c1=O. The minimum Gasteiger partial charge on any atom is -0.290 e. The van der Waals surface area contributed by atoms with E-state index in [9.17, 15) is 4.79 Å². The van der Waals surface area contributed by atoms with E-state index in [2.05, 4.69) is 15.1 Å². The molecule has 0 saturated carbocycles. The molecule has 2 heterocycles. The van der Waals surface area contributed by atoms with E-state index >= 15 is 0 Å². The van der Waals surface area contributed by atoms with Crippen LogP contribution in [0.25, 0.3) is 16.9 Å². The third kappa shape index (κ3) is 3.42. The zero-order valence-corrected chi connectivity index (χ0v) is 15.8. The molecule has 0 atom stereocenters. The first-order valence-electron chi connectivity index (χ1n) is 9.08. The molecule has 0 aliphatic carbocycles. The topological polar surface area (TPSA) is 63.0 Å². The minimum absolute atomic E-state index is 0.140. The van der Waals surface area contributed by atoms with Gasteiger partial charge in [-0.15, -0.1) is 0 Å². The molecule has 138 valence electrons. The standard InChI is InChI=1S/C23H20N4O/c1-16-10-9-15-20(24-16)25-17(2)21-22(18-11-5-3-6-12-18)26-27(23(21)28)19-13-7-4-8-14-19/h3-15,26H,1-2H3/b25-17-. The summed E-state index contributed by atoms with van der Waals surface area (Å²) in [4.78, 5) is 22.3. The Kier molecular flexibility index (Phi) is 4.72. The predicted octanol–water partition coefficient (Wildman–Crippen LogP) is 4.68. The number of rotatable bonds is 4. The Balaban J connectivity index is 1.92. The van der Waals surface area contributed by atoms with Gasteiger partial charge < -0.3 is 0 Å². The monoisotopic (exact) mass is 368 g/mol. The van der Waals surface area contributed by atoms with Gasteiger partial charge >= 0.3 is 0 Å². The molecule has 0 radical (unpaired) electrons. The summed E-state index contributed by atoms with van der Waals surface area (Å²) in [6.45, 7) is 3.76. The number of pyridine rings is 1. The second-order valence-corrected chi connectivity index (χ2v) is 6.54. The van der Waals surface area contributed by atoms with E-state index in [0.29, 0.717) is 17.1 Å². The normalized spacial score (nSPS) is 11.6. The smallest absolute Gasteiger partial charge is 0.280 e. The van der Waals surface area contributed by atoms with Crippen LogP contribution in [-0.2, 0) is 0 Å². The van der Waals surface area contributed by atoms with E-state index in [1.54, 1.807) is 4.68 Å². The number of nitrogens with zero attached hydrogens (tertiary/aromatic N) is 3. The highest BCUT2D eigenvalue weighted by Crippen LogP contribution is 2.22. The van der Waals surface area contributed by atoms with Gasteiger partial charge in [0.15, 0.2) is 5.82 Å². The Labute approximate surface area is 163 Å². The minimum atomic E-state index is -0.140. The van der Waals surface area contributed by atoms with Gasteiger partial charge in [0.25, 0.3) is 5.56 Å². The molecule has 0 aliphatic rings. The van der Waals surface area contributed by atoms with Crippen molar-refractivity contribution in [2.75, 3.05) is 0 Å². The van der Waals surface area contributed by atoms with Crippen LogP contribution in [0.15, 0.2) is 88.6 Å². The first kappa shape index (κ1) is 17.7. The Hall–Kier alpha value is -3.73. The van der Waals surface area contributed by atoms with Crippen molar-refractivity contribution in [1.82, 2.24) is 14.8 Å². The summed E-state index contributed by atoms with van der Waals surface area (Å²) >= 11 is 0. The van der Waals surface area contributed by atoms with E-state index < -0.39 is 0 Å². The van der Waals surface area contributed by atoms with Crippen molar-refractivity contribution in [2.24, 2.45) is 4.99 Å². The average molecular weight is 368 g/mol. The third-order valence-electron chi connectivity index (χ3n) is 4.49. The number of aryl methyl sites for hydroxylation is 1. The van der Waals surface area contributed by atoms with E-state index in [0.717, 1.165) is 22.6 Å². The maximum Gasteiger partial charge on any atom is 0.280 e. The van der Waals surface area contributed by atoms with Gasteiger partial charge in [-0.2, -0.15) is 0 Å². The molecule has 2 aromatic carbocycles. The van der Waals surface area contributed by atoms with E-state index in [-0.39, 0.29) is 5.56 Å². The Morgan fingerprint density at radius 2 is 1.61 bits per heavy atom. The molecular formula is C23H20N4O. The summed E-state index contributed by atoms with van der Waals surface area (Å²) in [5.41, 5.74) is 4.34. The van der Waals surface area contributed by atoms with Gasteiger partial charge in [0, 0.05) is 11.3 Å². The molecule has 28 heavy (non-hydrogen) atoms. The highest BCUT2D eigenvalue weighted by molar-refractivity contribution is 6.04. The zero-order valence-electron chi connectivity index (χ0n) is 15.8. The average Bonchev–Trinajstić information content (AvgIpc) is 3.06. The van der Waals surface area contributed by atoms with Crippen LogP contribution in [0.3, 0.4) is 0 Å². The molecule has 4 rings (SSSR count). The lowest BCUT2D eigenvalue weighted by molar-refractivity contribution is 0.852. The number of aliphatic imine (C=N–C) groups is 1. The number of benzene rings is 2. The van der Waals surface area contributed by atoms with Gasteiger partial charge in [0.1, 0.15) is 0 Å². The van der Waals surface area contributed by atoms with Crippen LogP contribution >= 0.6 is 0 Å². The van der Waals surface area contributed by atoms with Gasteiger partial charge in [-0.05, 0) is 38.1 Å². The molecule has 0 spiro atoms. The van der Waals surface area contributed by atoms with Gasteiger partial charge in [-0.3, -0.25) is 9.89 Å². The molecule has 0 fully saturated rings. The van der Waals surface area contributed by atoms with E-state index in [4.69, 9.17) is 0 Å². The zero-order chi connectivity index (χ0) is 19.5. The van der Waals surface area contributed by atoms with Crippen LogP contribution < -0.4 is 5.56 Å². The molecule has 5 nitrogen and oxygen atoms in total. The molecular weight excluding hydrogens is 348 g/mol. The fourth-order valence-electron chi connectivity index (χ4n) is 3.16. The Morgan fingerprint density at radius 3 is 2.29 bits per heavy atom. The van der Waals surface area contributed by atoms with Crippen LogP contribution in [0, 0.1) is 6.92 Å². The summed E-state index contributed by atoms with van der Waals surface area (Å²) in [7, 11) is 0. The quantitative estimate of drug-likeness (QED) is 0.532. The lowest BCUT2D eigenvalue weighted by Crippen LogP contribution is -2.19. The van der Waals surface area contributed by atoms with Crippen molar-refractivity contribution in [1.29, 1.82) is 0 Å². The van der Waals surface area contributed by atoms with E-state index in [1.165, 1.54) is 0 Å². The second-order valence-electron chi connectivity index (χ2n) is 6.54. The van der Waals surface area contributed by atoms with Crippen molar-refractivity contribution < 1.29 is 0 Å². The summed E-state index contributed by atoms with van der Waals surface area (Å²) in [6, 6.07) is 25.0. The lowest BCUT2D eigenvalue weighted by Gasteiger charge is -2.03. The molecule has 0 bridgehead atoms. The predicted molar refractivity (Wildman–Crippen MR) is 113 cm³/mol. The second kappa shape index (κ2) is 7.48. The Morgan fingerprint density at radius 1 is 0.929 bits per heavy atom. The number of para-hydroxylation sites is 1. The van der Waals surface area contributed by atoms with Crippen molar-refractivity contribution in [3.05, 3.63) is 100 Å². The largest absolute Gasteiger partial charge is 0.290 e. The van der Waals surface area contributed by atoms with Crippen LogP contribution in [0.5, 0.6) is 0 Å². The van der Waals surface area contributed by atoms with Crippen LogP contribution in [0.2, 0.25) is 0 Å². The summed E-state index contributed by atoms with van der Waals surface area (Å²) in [6.07, 6.45) is 0. The number of nitrogens with one attached hydrogen (secondary N) is 1. The third-order valence-corrected chi connectivity index (χ3v) is 4.49. The van der Waals surface area contributed by atoms with Crippen LogP contribution in [0.1, 0.15) is 18.2 Å². The van der Waals surface area contributed by atoms with Crippen molar-refractivity contribution in [2.45, 2.75) is 13.8 Å². The van der Waals surface area contributed by atoms with Crippen LogP contribution in [0.4, 0.5) is 5.82 Å². The van der Waals surface area contributed by atoms with Gasteiger partial charge in [0.05, 0.1) is 22.7 Å².